The van der Waals surface area contributed by atoms with Crippen molar-refractivity contribution in [2.75, 3.05) is 18.0 Å². The van der Waals surface area contributed by atoms with E-state index in [9.17, 15) is 4.79 Å². The van der Waals surface area contributed by atoms with Crippen LogP contribution in [0.4, 0.5) is 5.69 Å². The van der Waals surface area contributed by atoms with Gasteiger partial charge in [-0.2, -0.15) is 0 Å². The highest BCUT2D eigenvalue weighted by atomic mass is 16.2. The second-order valence-electron chi connectivity index (χ2n) is 5.38. The van der Waals surface area contributed by atoms with Crippen LogP contribution in [0.25, 0.3) is 0 Å². The van der Waals surface area contributed by atoms with Crippen molar-refractivity contribution in [3.05, 3.63) is 29.8 Å². The van der Waals surface area contributed by atoms with Crippen molar-refractivity contribution in [3.63, 3.8) is 0 Å². The van der Waals surface area contributed by atoms with Crippen LogP contribution in [0.3, 0.4) is 0 Å². The summed E-state index contributed by atoms with van der Waals surface area (Å²) >= 11 is 0. The van der Waals surface area contributed by atoms with E-state index in [1.54, 1.807) is 0 Å². The van der Waals surface area contributed by atoms with Crippen molar-refractivity contribution >= 4 is 11.6 Å². The van der Waals surface area contributed by atoms with Gasteiger partial charge in [0.05, 0.1) is 5.41 Å². The van der Waals surface area contributed by atoms with Gasteiger partial charge in [0.25, 0.3) is 0 Å². The number of nitrogens with zero attached hydrogens (tertiary/aromatic N) is 1. The van der Waals surface area contributed by atoms with Gasteiger partial charge in [0.1, 0.15) is 0 Å². The van der Waals surface area contributed by atoms with E-state index < -0.39 is 5.41 Å². The summed E-state index contributed by atoms with van der Waals surface area (Å²) in [6.07, 6.45) is 3.71. The second-order valence-corrected chi connectivity index (χ2v) is 5.38. The fourth-order valence-electron chi connectivity index (χ4n) is 2.96. The standard InChI is InChI=1S/C16H24N2O/c1-3-16(4-2,12-17)15(19)18-11-7-9-13-8-5-6-10-14(13)18/h5-6,8,10H,3-4,7,9,11-12,17H2,1-2H3. The van der Waals surface area contributed by atoms with E-state index >= 15 is 0 Å². The van der Waals surface area contributed by atoms with Crippen molar-refractivity contribution < 1.29 is 4.79 Å². The van der Waals surface area contributed by atoms with Gasteiger partial charge >= 0.3 is 0 Å². The molecule has 3 heteroatoms. The fourth-order valence-corrected chi connectivity index (χ4v) is 2.96. The number of hydrogen-bond donors (Lipinski definition) is 1. The summed E-state index contributed by atoms with van der Waals surface area (Å²) in [4.78, 5) is 14.9. The maximum atomic E-state index is 12.9. The molecule has 1 aliphatic rings. The van der Waals surface area contributed by atoms with Crippen molar-refractivity contribution in [1.82, 2.24) is 0 Å². The summed E-state index contributed by atoms with van der Waals surface area (Å²) < 4.78 is 0. The third-order valence-electron chi connectivity index (χ3n) is 4.55. The van der Waals surface area contributed by atoms with Crippen LogP contribution in [0.2, 0.25) is 0 Å². The molecule has 3 nitrogen and oxygen atoms in total. The number of rotatable bonds is 4. The van der Waals surface area contributed by atoms with E-state index in [4.69, 9.17) is 5.73 Å². The van der Waals surface area contributed by atoms with Crippen molar-refractivity contribution in [2.45, 2.75) is 39.5 Å². The molecule has 1 heterocycles. The lowest BCUT2D eigenvalue weighted by molar-refractivity contribution is -0.128. The Morgan fingerprint density at radius 3 is 2.63 bits per heavy atom. The lowest BCUT2D eigenvalue weighted by Crippen LogP contribution is -2.49. The maximum Gasteiger partial charge on any atom is 0.234 e. The normalized spacial score (nSPS) is 15.2. The molecule has 0 saturated carbocycles. The van der Waals surface area contributed by atoms with Gasteiger partial charge in [0.2, 0.25) is 5.91 Å². The quantitative estimate of drug-likeness (QED) is 0.904. The summed E-state index contributed by atoms with van der Waals surface area (Å²) in [6.45, 7) is 5.36. The van der Waals surface area contributed by atoms with E-state index in [-0.39, 0.29) is 5.91 Å². The zero-order valence-electron chi connectivity index (χ0n) is 12.0. The lowest BCUT2D eigenvalue weighted by atomic mass is 9.80. The van der Waals surface area contributed by atoms with E-state index in [1.807, 2.05) is 17.0 Å². The van der Waals surface area contributed by atoms with Crippen LogP contribution in [-0.2, 0) is 11.2 Å². The molecule has 0 atom stereocenters. The van der Waals surface area contributed by atoms with Crippen molar-refractivity contribution in [3.8, 4) is 0 Å². The summed E-state index contributed by atoms with van der Waals surface area (Å²) in [6, 6.07) is 8.23. The number of fused-ring (bicyclic) bond motifs is 1. The lowest BCUT2D eigenvalue weighted by Gasteiger charge is -2.38. The summed E-state index contributed by atoms with van der Waals surface area (Å²) in [5.74, 6) is 0.201. The average molecular weight is 260 g/mol. The van der Waals surface area contributed by atoms with Crippen molar-refractivity contribution in [2.24, 2.45) is 11.1 Å². The van der Waals surface area contributed by atoms with Gasteiger partial charge in [0, 0.05) is 18.8 Å². The number of anilines is 1. The molecule has 1 aliphatic heterocycles. The molecule has 0 bridgehead atoms. The average Bonchev–Trinajstić information content (AvgIpc) is 2.49. The van der Waals surface area contributed by atoms with E-state index in [1.165, 1.54) is 5.56 Å². The van der Waals surface area contributed by atoms with Crippen LogP contribution in [0.5, 0.6) is 0 Å². The first kappa shape index (κ1) is 14.1. The highest BCUT2D eigenvalue weighted by Crippen LogP contribution is 2.34. The number of hydrogen-bond acceptors (Lipinski definition) is 2. The number of amides is 1. The molecular formula is C16H24N2O. The molecular weight excluding hydrogens is 236 g/mol. The minimum Gasteiger partial charge on any atom is -0.329 e. The monoisotopic (exact) mass is 260 g/mol. The third-order valence-corrected chi connectivity index (χ3v) is 4.55. The summed E-state index contributed by atoms with van der Waals surface area (Å²) in [5.41, 5.74) is 7.87. The molecule has 0 unspecified atom stereocenters. The van der Waals surface area contributed by atoms with Crippen LogP contribution < -0.4 is 10.6 Å². The van der Waals surface area contributed by atoms with Gasteiger partial charge in [-0.05, 0) is 37.3 Å². The predicted octanol–water partition coefficient (Wildman–Crippen LogP) is 2.73. The third kappa shape index (κ3) is 2.39. The Morgan fingerprint density at radius 1 is 1.32 bits per heavy atom. The van der Waals surface area contributed by atoms with E-state index in [0.717, 1.165) is 37.9 Å². The predicted molar refractivity (Wildman–Crippen MR) is 79.2 cm³/mol. The molecule has 0 fully saturated rings. The Kier molecular flexibility index (Phi) is 4.25. The summed E-state index contributed by atoms with van der Waals surface area (Å²) in [5, 5.41) is 0. The van der Waals surface area contributed by atoms with Crippen LogP contribution in [0.1, 0.15) is 38.7 Å². The SMILES string of the molecule is CCC(CC)(CN)C(=O)N1CCCc2ccccc21. The largest absolute Gasteiger partial charge is 0.329 e. The summed E-state index contributed by atoms with van der Waals surface area (Å²) in [7, 11) is 0. The van der Waals surface area contributed by atoms with E-state index in [2.05, 4.69) is 26.0 Å². The Morgan fingerprint density at radius 2 is 2.00 bits per heavy atom. The second kappa shape index (κ2) is 5.74. The molecule has 0 aromatic heterocycles. The Balaban J connectivity index is 2.35. The van der Waals surface area contributed by atoms with Gasteiger partial charge in [-0.15, -0.1) is 0 Å². The van der Waals surface area contributed by atoms with Gasteiger partial charge in [-0.3, -0.25) is 4.79 Å². The number of benzene rings is 1. The highest BCUT2D eigenvalue weighted by molar-refractivity contribution is 5.98. The molecule has 0 spiro atoms. The molecule has 0 radical (unpaired) electrons. The van der Waals surface area contributed by atoms with Crippen LogP contribution >= 0.6 is 0 Å². The Labute approximate surface area is 115 Å². The number of carbonyl (C=O) groups is 1. The van der Waals surface area contributed by atoms with Crippen LogP contribution in [0, 0.1) is 5.41 Å². The van der Waals surface area contributed by atoms with Gasteiger partial charge < -0.3 is 10.6 Å². The minimum absolute atomic E-state index is 0.201. The topological polar surface area (TPSA) is 46.3 Å². The number of para-hydroxylation sites is 1. The smallest absolute Gasteiger partial charge is 0.234 e. The van der Waals surface area contributed by atoms with Crippen LogP contribution in [-0.4, -0.2) is 19.0 Å². The molecule has 19 heavy (non-hydrogen) atoms. The van der Waals surface area contributed by atoms with E-state index in [0.29, 0.717) is 6.54 Å². The molecule has 0 saturated heterocycles. The molecule has 1 aromatic carbocycles. The molecule has 104 valence electrons. The molecule has 2 N–H and O–H groups in total. The molecule has 0 aliphatic carbocycles. The highest BCUT2D eigenvalue weighted by Gasteiger charge is 2.38. The zero-order chi connectivity index (χ0) is 13.9. The first-order valence-electron chi connectivity index (χ1n) is 7.28. The van der Waals surface area contributed by atoms with Crippen molar-refractivity contribution in [1.29, 1.82) is 0 Å². The zero-order valence-corrected chi connectivity index (χ0v) is 12.0. The van der Waals surface area contributed by atoms with Gasteiger partial charge in [-0.25, -0.2) is 0 Å². The molecule has 2 rings (SSSR count). The molecule has 1 amide bonds. The number of aryl methyl sites for hydroxylation is 1. The van der Waals surface area contributed by atoms with Gasteiger partial charge in [0.15, 0.2) is 0 Å². The first-order chi connectivity index (χ1) is 9.18. The molecule has 1 aromatic rings. The number of carbonyl (C=O) groups excluding carboxylic acids is 1. The minimum atomic E-state index is -0.398. The fraction of sp³-hybridized carbons (Fsp3) is 0.562. The van der Waals surface area contributed by atoms with Gasteiger partial charge in [-0.1, -0.05) is 32.0 Å². The Bertz CT molecular complexity index is 444. The Hall–Kier alpha value is -1.35. The number of nitrogens with two attached hydrogens (primary N) is 1. The first-order valence-corrected chi connectivity index (χ1v) is 7.28. The van der Waals surface area contributed by atoms with Crippen LogP contribution in [0.15, 0.2) is 24.3 Å². The maximum absolute atomic E-state index is 12.9.